The van der Waals surface area contributed by atoms with Gasteiger partial charge in [-0.25, -0.2) is 0 Å². The summed E-state index contributed by atoms with van der Waals surface area (Å²) >= 11 is 1.63. The molecular formula is C16H22N2O2S. The van der Waals surface area contributed by atoms with Gasteiger partial charge in [-0.1, -0.05) is 6.07 Å². The molecule has 2 heterocycles. The Balaban J connectivity index is 2.51. The normalized spacial score (nSPS) is 11.8. The van der Waals surface area contributed by atoms with Crippen molar-refractivity contribution in [3.05, 3.63) is 45.6 Å². The molecule has 0 aliphatic carbocycles. The Labute approximate surface area is 129 Å². The quantitative estimate of drug-likeness (QED) is 0.835. The second-order valence-corrected chi connectivity index (χ2v) is 6.58. The van der Waals surface area contributed by atoms with Crippen molar-refractivity contribution < 1.29 is 4.74 Å². The summed E-state index contributed by atoms with van der Waals surface area (Å²) in [6.45, 7) is 4.97. The lowest BCUT2D eigenvalue weighted by Crippen LogP contribution is -2.38. The van der Waals surface area contributed by atoms with Crippen molar-refractivity contribution in [3.63, 3.8) is 0 Å². The zero-order valence-electron chi connectivity index (χ0n) is 12.8. The molecule has 21 heavy (non-hydrogen) atoms. The molecule has 0 saturated heterocycles. The number of hydrogen-bond donors (Lipinski definition) is 1. The number of aromatic nitrogens is 1. The molecular weight excluding hydrogens is 284 g/mol. The molecule has 0 spiro atoms. The zero-order valence-corrected chi connectivity index (χ0v) is 13.6. The molecule has 4 nitrogen and oxygen atoms in total. The van der Waals surface area contributed by atoms with Crippen LogP contribution in [0.4, 0.5) is 0 Å². The molecule has 2 aromatic rings. The van der Waals surface area contributed by atoms with Crippen LogP contribution < -0.4 is 11.3 Å². The number of nitrogens with two attached hydrogens (primary N) is 1. The molecule has 0 saturated carbocycles. The van der Waals surface area contributed by atoms with E-state index in [1.807, 2.05) is 48.1 Å². The maximum atomic E-state index is 12.8. The van der Waals surface area contributed by atoms with Gasteiger partial charge in [0.2, 0.25) is 0 Å². The highest BCUT2D eigenvalue weighted by atomic mass is 32.1. The first kappa shape index (κ1) is 15.9. The summed E-state index contributed by atoms with van der Waals surface area (Å²) in [7, 11) is 1.67. The van der Waals surface area contributed by atoms with E-state index in [1.165, 1.54) is 0 Å². The summed E-state index contributed by atoms with van der Waals surface area (Å²) in [5, 5.41) is 2.01. The highest BCUT2D eigenvalue weighted by Crippen LogP contribution is 2.25. The molecule has 5 heteroatoms. The molecule has 0 bridgehead atoms. The lowest BCUT2D eigenvalue weighted by Gasteiger charge is -2.21. The standard InChI is InChI=1S/C16H22N2O2S/c1-16(2,17)12-7-8-13(14-6-4-11-21-14)18(15(12)19)9-5-10-20-3/h4,6-8,11H,5,9-10,17H2,1-3H3. The van der Waals surface area contributed by atoms with Crippen LogP contribution in [0.25, 0.3) is 10.6 Å². The SMILES string of the molecule is COCCCn1c(-c2cccs2)ccc(C(C)(C)N)c1=O. The number of pyridine rings is 1. The molecule has 0 aliphatic rings. The molecule has 2 rings (SSSR count). The zero-order chi connectivity index (χ0) is 15.5. The molecule has 0 aromatic carbocycles. The van der Waals surface area contributed by atoms with Crippen molar-refractivity contribution in [2.75, 3.05) is 13.7 Å². The highest BCUT2D eigenvalue weighted by molar-refractivity contribution is 7.13. The van der Waals surface area contributed by atoms with Gasteiger partial charge in [0, 0.05) is 31.4 Å². The lowest BCUT2D eigenvalue weighted by atomic mass is 9.96. The number of nitrogens with zero attached hydrogens (tertiary/aromatic N) is 1. The molecule has 0 amide bonds. The average molecular weight is 306 g/mol. The number of rotatable bonds is 6. The van der Waals surface area contributed by atoms with Crippen LogP contribution in [0.2, 0.25) is 0 Å². The van der Waals surface area contributed by atoms with Crippen molar-refractivity contribution in [1.29, 1.82) is 0 Å². The van der Waals surface area contributed by atoms with Gasteiger partial charge in [-0.05, 0) is 43.8 Å². The Kier molecular flexibility index (Phi) is 4.98. The van der Waals surface area contributed by atoms with Crippen LogP contribution >= 0.6 is 11.3 Å². The van der Waals surface area contributed by atoms with Crippen LogP contribution in [0.1, 0.15) is 25.8 Å². The minimum atomic E-state index is -0.645. The molecule has 114 valence electrons. The van der Waals surface area contributed by atoms with Gasteiger partial charge in [-0.15, -0.1) is 11.3 Å². The van der Waals surface area contributed by atoms with Gasteiger partial charge in [-0.2, -0.15) is 0 Å². The van der Waals surface area contributed by atoms with Crippen LogP contribution in [0.15, 0.2) is 34.4 Å². The fourth-order valence-electron chi connectivity index (χ4n) is 2.30. The monoisotopic (exact) mass is 306 g/mol. The Morgan fingerprint density at radius 2 is 2.10 bits per heavy atom. The first-order valence-corrected chi connectivity index (χ1v) is 7.89. The van der Waals surface area contributed by atoms with E-state index in [9.17, 15) is 4.79 Å². The fourth-order valence-corrected chi connectivity index (χ4v) is 3.06. The van der Waals surface area contributed by atoms with E-state index >= 15 is 0 Å². The second kappa shape index (κ2) is 6.56. The third-order valence-electron chi connectivity index (χ3n) is 3.37. The minimum Gasteiger partial charge on any atom is -0.385 e. The third kappa shape index (κ3) is 3.61. The Bertz CT molecular complexity index is 639. The molecule has 0 fully saturated rings. The topological polar surface area (TPSA) is 57.2 Å². The van der Waals surface area contributed by atoms with Crippen LogP contribution in [0, 0.1) is 0 Å². The van der Waals surface area contributed by atoms with Crippen LogP contribution in [0.5, 0.6) is 0 Å². The lowest BCUT2D eigenvalue weighted by molar-refractivity contribution is 0.190. The predicted octanol–water partition coefficient (Wildman–Crippen LogP) is 2.81. The third-order valence-corrected chi connectivity index (χ3v) is 4.26. The first-order valence-electron chi connectivity index (χ1n) is 7.01. The fraction of sp³-hybridized carbons (Fsp3) is 0.438. The second-order valence-electron chi connectivity index (χ2n) is 5.63. The van der Waals surface area contributed by atoms with Gasteiger partial charge in [0.25, 0.3) is 5.56 Å². The van der Waals surface area contributed by atoms with E-state index in [2.05, 4.69) is 0 Å². The highest BCUT2D eigenvalue weighted by Gasteiger charge is 2.21. The van der Waals surface area contributed by atoms with Crippen molar-refractivity contribution in [2.24, 2.45) is 5.73 Å². The maximum absolute atomic E-state index is 12.8. The van der Waals surface area contributed by atoms with Gasteiger partial charge in [0.05, 0.1) is 10.6 Å². The Morgan fingerprint density at radius 3 is 2.67 bits per heavy atom. The smallest absolute Gasteiger partial charge is 0.256 e. The van der Waals surface area contributed by atoms with Gasteiger partial charge in [-0.3, -0.25) is 4.79 Å². The summed E-state index contributed by atoms with van der Waals surface area (Å²) < 4.78 is 6.91. The van der Waals surface area contributed by atoms with E-state index in [0.29, 0.717) is 18.7 Å². The van der Waals surface area contributed by atoms with Crippen LogP contribution in [0.3, 0.4) is 0 Å². The van der Waals surface area contributed by atoms with E-state index in [-0.39, 0.29) is 5.56 Å². The average Bonchev–Trinajstić information content (AvgIpc) is 2.93. The Morgan fingerprint density at radius 1 is 1.33 bits per heavy atom. The van der Waals surface area contributed by atoms with Gasteiger partial charge < -0.3 is 15.0 Å². The van der Waals surface area contributed by atoms with E-state index < -0.39 is 5.54 Å². The summed E-state index contributed by atoms with van der Waals surface area (Å²) in [5.74, 6) is 0. The number of thiophene rings is 1. The van der Waals surface area contributed by atoms with Crippen LogP contribution in [-0.4, -0.2) is 18.3 Å². The molecule has 0 unspecified atom stereocenters. The van der Waals surface area contributed by atoms with Crippen molar-refractivity contribution in [2.45, 2.75) is 32.4 Å². The molecule has 2 N–H and O–H groups in total. The summed E-state index contributed by atoms with van der Waals surface area (Å²) in [6, 6.07) is 7.86. The Hall–Kier alpha value is -1.43. The van der Waals surface area contributed by atoms with E-state index in [4.69, 9.17) is 10.5 Å². The minimum absolute atomic E-state index is 0.00972. The number of methoxy groups -OCH3 is 1. The van der Waals surface area contributed by atoms with Gasteiger partial charge in [0.1, 0.15) is 0 Å². The van der Waals surface area contributed by atoms with E-state index in [0.717, 1.165) is 17.0 Å². The van der Waals surface area contributed by atoms with Gasteiger partial charge in [0.15, 0.2) is 0 Å². The molecule has 0 radical (unpaired) electrons. The first-order chi connectivity index (χ1) is 9.95. The maximum Gasteiger partial charge on any atom is 0.256 e. The predicted molar refractivity (Wildman–Crippen MR) is 87.7 cm³/mol. The van der Waals surface area contributed by atoms with Gasteiger partial charge >= 0.3 is 0 Å². The van der Waals surface area contributed by atoms with Crippen molar-refractivity contribution in [3.8, 4) is 10.6 Å². The molecule has 0 aliphatic heterocycles. The number of ether oxygens (including phenoxy) is 1. The summed E-state index contributed by atoms with van der Waals surface area (Å²) in [4.78, 5) is 13.9. The van der Waals surface area contributed by atoms with Crippen molar-refractivity contribution >= 4 is 11.3 Å². The summed E-state index contributed by atoms with van der Waals surface area (Å²) in [6.07, 6.45) is 0.795. The number of hydrogen-bond acceptors (Lipinski definition) is 4. The summed E-state index contributed by atoms with van der Waals surface area (Å²) in [5.41, 5.74) is 7.04. The van der Waals surface area contributed by atoms with Crippen molar-refractivity contribution in [1.82, 2.24) is 4.57 Å². The largest absolute Gasteiger partial charge is 0.385 e. The molecule has 2 aromatic heterocycles. The molecule has 0 atom stereocenters. The van der Waals surface area contributed by atoms with Crippen LogP contribution in [-0.2, 0) is 16.8 Å². The van der Waals surface area contributed by atoms with E-state index in [1.54, 1.807) is 18.4 Å².